The topological polar surface area (TPSA) is 76.1 Å². The molecule has 1 N–H and O–H groups in total. The Balaban J connectivity index is 1.55. The molecule has 0 saturated heterocycles. The summed E-state index contributed by atoms with van der Waals surface area (Å²) in [6.45, 7) is 0.241. The number of carbonyl (C=O) groups is 2. The van der Waals surface area contributed by atoms with Crippen LogP contribution in [-0.4, -0.2) is 57.8 Å². The van der Waals surface area contributed by atoms with Gasteiger partial charge >= 0.3 is 201 Å². The van der Waals surface area contributed by atoms with Crippen molar-refractivity contribution >= 4 is 28.1 Å². The Morgan fingerprint density at radius 3 is 2.06 bits per heavy atom. The van der Waals surface area contributed by atoms with Gasteiger partial charge in [0.1, 0.15) is 0 Å². The third-order valence-corrected chi connectivity index (χ3v) is 6.56. The Labute approximate surface area is 200 Å². The number of amides is 1. The fraction of sp³-hybridized carbons (Fsp3) is 0.231. The summed E-state index contributed by atoms with van der Waals surface area (Å²) in [5.41, 5.74) is 5.26. The molecule has 1 amide bonds. The maximum atomic E-state index is 13.2. The second kappa shape index (κ2) is 10.1. The molecule has 0 fully saturated rings. The number of nitrogens with zero attached hydrogens (tertiary/aromatic N) is 1. The molecule has 0 heterocycles. The van der Waals surface area contributed by atoms with E-state index in [1.54, 1.807) is 31.4 Å². The number of ether oxygens (including phenoxy) is 2. The van der Waals surface area contributed by atoms with E-state index in [2.05, 4.69) is 28.1 Å². The minimum absolute atomic E-state index is 0.0966. The molecule has 7 heteroatoms. The van der Waals surface area contributed by atoms with Crippen molar-refractivity contribution in [2.24, 2.45) is 0 Å². The molecule has 1 unspecified atom stereocenters. The van der Waals surface area contributed by atoms with Crippen molar-refractivity contribution in [3.8, 4) is 16.9 Å². The molecule has 3 aromatic rings. The number of rotatable bonds is 8. The van der Waals surface area contributed by atoms with Crippen molar-refractivity contribution in [3.05, 3.63) is 89.5 Å². The predicted molar refractivity (Wildman–Crippen MR) is 126 cm³/mol. The van der Waals surface area contributed by atoms with E-state index < -0.39 is 18.1 Å². The van der Waals surface area contributed by atoms with Gasteiger partial charge in [-0.25, -0.2) is 0 Å². The third kappa shape index (κ3) is 4.75. The Morgan fingerprint density at radius 1 is 0.970 bits per heavy atom. The normalized spacial score (nSPS) is 13.0. The van der Waals surface area contributed by atoms with E-state index in [0.29, 0.717) is 5.75 Å². The summed E-state index contributed by atoms with van der Waals surface area (Å²) >= 11 is 2.74. The third-order valence-electron chi connectivity index (χ3n) is 5.90. The number of carboxylic acid groups (broad SMARTS) is 1. The molecule has 0 aliphatic heterocycles. The number of hydrogen-bond donors (Lipinski definition) is 1. The molecule has 0 saturated carbocycles. The molecule has 3 aromatic carbocycles. The van der Waals surface area contributed by atoms with Gasteiger partial charge in [0.05, 0.1) is 0 Å². The first kappa shape index (κ1) is 22.9. The van der Waals surface area contributed by atoms with Gasteiger partial charge in [-0.1, -0.05) is 0 Å². The zero-order valence-corrected chi connectivity index (χ0v) is 19.9. The standard InChI is InChI=1S/C26H24NO5Se/c1-31-18-12-10-17(11-13-18)14-27(24(16-33)25(28)29)26(30)32-15-23-21-8-4-2-6-19(21)20-7-3-5-9-22(20)23/h2-13,23-24H,14-16H2,1H3,(H,28,29). The first-order chi connectivity index (χ1) is 16.0. The van der Waals surface area contributed by atoms with Crippen molar-refractivity contribution < 1.29 is 24.2 Å². The Hall–Kier alpha value is -3.28. The van der Waals surface area contributed by atoms with Crippen molar-refractivity contribution in [2.45, 2.75) is 23.8 Å². The van der Waals surface area contributed by atoms with Crippen LogP contribution in [0.4, 0.5) is 4.79 Å². The molecular formula is C26H24NO5Se. The minimum atomic E-state index is -1.09. The number of aliphatic carboxylic acids is 1. The molecule has 1 atom stereocenters. The molecule has 0 aromatic heterocycles. The van der Waals surface area contributed by atoms with Gasteiger partial charge in [-0.05, 0) is 0 Å². The van der Waals surface area contributed by atoms with Gasteiger partial charge in [0.2, 0.25) is 0 Å². The van der Waals surface area contributed by atoms with Gasteiger partial charge in [0.25, 0.3) is 0 Å². The average molecular weight is 509 g/mol. The molecular weight excluding hydrogens is 485 g/mol. The van der Waals surface area contributed by atoms with E-state index in [1.165, 1.54) is 4.90 Å². The molecule has 4 rings (SSSR count). The van der Waals surface area contributed by atoms with Crippen LogP contribution in [0.1, 0.15) is 22.6 Å². The van der Waals surface area contributed by atoms with Crippen LogP contribution in [0.25, 0.3) is 11.1 Å². The van der Waals surface area contributed by atoms with Gasteiger partial charge in [0, 0.05) is 0 Å². The SMILES string of the molecule is COc1ccc(CN(C(=O)OCC2c3ccccc3-c3ccccc32)C(C[Se])C(=O)O)cc1. The Bertz CT molecular complexity index is 1100. The van der Waals surface area contributed by atoms with Crippen LogP contribution in [0, 0.1) is 0 Å². The van der Waals surface area contributed by atoms with Gasteiger partial charge in [0.15, 0.2) is 0 Å². The molecule has 0 bridgehead atoms. The van der Waals surface area contributed by atoms with Gasteiger partial charge in [-0.2, -0.15) is 0 Å². The van der Waals surface area contributed by atoms with Crippen LogP contribution in [0.5, 0.6) is 5.75 Å². The number of carbonyl (C=O) groups excluding carboxylic acids is 1. The zero-order chi connectivity index (χ0) is 23.4. The Kier molecular flexibility index (Phi) is 7.01. The Morgan fingerprint density at radius 2 is 1.55 bits per heavy atom. The van der Waals surface area contributed by atoms with E-state index in [-0.39, 0.29) is 24.4 Å². The van der Waals surface area contributed by atoms with Crippen molar-refractivity contribution in [2.75, 3.05) is 13.7 Å². The first-order valence-electron chi connectivity index (χ1n) is 10.6. The van der Waals surface area contributed by atoms with E-state index in [9.17, 15) is 14.7 Å². The van der Waals surface area contributed by atoms with Crippen molar-refractivity contribution in [1.82, 2.24) is 4.90 Å². The van der Waals surface area contributed by atoms with E-state index in [4.69, 9.17) is 9.47 Å². The van der Waals surface area contributed by atoms with Crippen LogP contribution in [0.2, 0.25) is 5.32 Å². The number of hydrogen-bond acceptors (Lipinski definition) is 4. The monoisotopic (exact) mass is 510 g/mol. The number of fused-ring (bicyclic) bond motifs is 3. The molecule has 6 nitrogen and oxygen atoms in total. The molecule has 1 aliphatic rings. The second-order valence-electron chi connectivity index (χ2n) is 7.80. The van der Waals surface area contributed by atoms with Gasteiger partial charge < -0.3 is 0 Å². The average Bonchev–Trinajstić information content (AvgIpc) is 3.16. The fourth-order valence-electron chi connectivity index (χ4n) is 4.20. The molecule has 1 radical (unpaired) electrons. The predicted octanol–water partition coefficient (Wildman–Crippen LogP) is 4.49. The summed E-state index contributed by atoms with van der Waals surface area (Å²) in [4.78, 5) is 26.3. The van der Waals surface area contributed by atoms with Crippen LogP contribution in [0.3, 0.4) is 0 Å². The van der Waals surface area contributed by atoms with Crippen LogP contribution >= 0.6 is 0 Å². The quantitative estimate of drug-likeness (QED) is 0.453. The molecule has 1 aliphatic carbocycles. The molecule has 0 spiro atoms. The van der Waals surface area contributed by atoms with Crippen LogP contribution in [-0.2, 0) is 16.1 Å². The van der Waals surface area contributed by atoms with Gasteiger partial charge in [-0.15, -0.1) is 0 Å². The molecule has 169 valence electrons. The first-order valence-corrected chi connectivity index (χ1v) is 11.8. The summed E-state index contributed by atoms with van der Waals surface area (Å²) in [5.74, 6) is -0.499. The summed E-state index contributed by atoms with van der Waals surface area (Å²) in [7, 11) is 1.57. The number of carboxylic acids is 1. The van der Waals surface area contributed by atoms with Crippen molar-refractivity contribution in [3.63, 3.8) is 0 Å². The fourth-order valence-corrected chi connectivity index (χ4v) is 4.88. The summed E-state index contributed by atoms with van der Waals surface area (Å²) < 4.78 is 10.9. The zero-order valence-electron chi connectivity index (χ0n) is 18.1. The number of methoxy groups -OCH3 is 1. The summed E-state index contributed by atoms with van der Waals surface area (Å²) in [5, 5.41) is 9.85. The maximum absolute atomic E-state index is 13.2. The molecule has 33 heavy (non-hydrogen) atoms. The van der Waals surface area contributed by atoms with Crippen LogP contribution < -0.4 is 4.74 Å². The summed E-state index contributed by atoms with van der Waals surface area (Å²) in [6.07, 6.45) is -0.657. The summed E-state index contributed by atoms with van der Waals surface area (Å²) in [6, 6.07) is 22.3. The van der Waals surface area contributed by atoms with Crippen molar-refractivity contribution in [1.29, 1.82) is 0 Å². The van der Waals surface area contributed by atoms with Gasteiger partial charge in [-0.3, -0.25) is 0 Å². The van der Waals surface area contributed by atoms with E-state index in [1.807, 2.05) is 36.4 Å². The van der Waals surface area contributed by atoms with E-state index in [0.717, 1.165) is 27.8 Å². The van der Waals surface area contributed by atoms with E-state index >= 15 is 0 Å². The number of benzene rings is 3. The second-order valence-corrected chi connectivity index (χ2v) is 8.50. The van der Waals surface area contributed by atoms with Crippen LogP contribution in [0.15, 0.2) is 72.8 Å².